The van der Waals surface area contributed by atoms with Gasteiger partial charge in [-0.2, -0.15) is 5.10 Å². The number of hydrogen-bond acceptors (Lipinski definition) is 4. The van der Waals surface area contributed by atoms with Crippen LogP contribution in [0.4, 0.5) is 0 Å². The van der Waals surface area contributed by atoms with E-state index in [1.54, 1.807) is 14.5 Å². The summed E-state index contributed by atoms with van der Waals surface area (Å²) in [6.45, 7) is 2.70. The molecule has 0 unspecified atom stereocenters. The van der Waals surface area contributed by atoms with Gasteiger partial charge in [-0.25, -0.2) is 0 Å². The molecule has 0 spiro atoms. The van der Waals surface area contributed by atoms with Gasteiger partial charge in [-0.1, -0.05) is 0 Å². The monoisotopic (exact) mass is 321 g/mol. The fraction of sp³-hybridized carbons (Fsp3) is 0.688. The van der Waals surface area contributed by atoms with Crippen molar-refractivity contribution >= 4 is 11.8 Å². The van der Waals surface area contributed by atoms with E-state index in [1.807, 2.05) is 45.5 Å². The topological polar surface area (TPSA) is 61.7 Å². The maximum Gasteiger partial charge on any atom is 0.227 e. The van der Waals surface area contributed by atoms with Crippen molar-refractivity contribution in [2.75, 3.05) is 47.3 Å². The molecule has 0 N–H and O–H groups in total. The van der Waals surface area contributed by atoms with Crippen molar-refractivity contribution in [3.63, 3.8) is 0 Å². The zero-order valence-electron chi connectivity index (χ0n) is 14.5. The van der Waals surface area contributed by atoms with E-state index in [1.165, 1.54) is 0 Å². The first-order valence-electron chi connectivity index (χ1n) is 8.02. The highest BCUT2D eigenvalue weighted by molar-refractivity contribution is 5.89. The summed E-state index contributed by atoms with van der Waals surface area (Å²) in [4.78, 5) is 30.1. The summed E-state index contributed by atoms with van der Waals surface area (Å²) >= 11 is 0. The lowest BCUT2D eigenvalue weighted by atomic mass is 10.1. The minimum absolute atomic E-state index is 0.0644. The Kier molecular flexibility index (Phi) is 5.76. The Bertz CT molecular complexity index is 554. The summed E-state index contributed by atoms with van der Waals surface area (Å²) in [5.41, 5.74) is 1.11. The molecule has 7 nitrogen and oxygen atoms in total. The van der Waals surface area contributed by atoms with E-state index in [0.29, 0.717) is 26.1 Å². The van der Waals surface area contributed by atoms with Gasteiger partial charge in [0.1, 0.15) is 0 Å². The molecule has 2 heterocycles. The zero-order valence-corrected chi connectivity index (χ0v) is 14.5. The van der Waals surface area contributed by atoms with E-state index in [9.17, 15) is 9.59 Å². The first-order valence-corrected chi connectivity index (χ1v) is 8.02. The molecule has 1 fully saturated rings. The van der Waals surface area contributed by atoms with Crippen molar-refractivity contribution in [2.24, 2.45) is 13.0 Å². The fourth-order valence-corrected chi connectivity index (χ4v) is 2.79. The van der Waals surface area contributed by atoms with Crippen LogP contribution in [0.1, 0.15) is 12.0 Å². The van der Waals surface area contributed by atoms with Gasteiger partial charge in [-0.3, -0.25) is 14.3 Å². The summed E-state index contributed by atoms with van der Waals surface area (Å²) in [7, 11) is 7.65. The van der Waals surface area contributed by atoms with Gasteiger partial charge in [0.15, 0.2) is 0 Å². The molecule has 1 aliphatic rings. The number of likely N-dealkylation sites (N-methyl/N-ethyl adjacent to an activating group) is 2. The molecule has 23 heavy (non-hydrogen) atoms. The molecule has 1 atom stereocenters. The van der Waals surface area contributed by atoms with Crippen LogP contribution in [0.25, 0.3) is 0 Å². The van der Waals surface area contributed by atoms with E-state index in [2.05, 4.69) is 5.10 Å². The number of aromatic nitrogens is 2. The second-order valence-corrected chi connectivity index (χ2v) is 6.58. The van der Waals surface area contributed by atoms with E-state index in [0.717, 1.165) is 18.5 Å². The van der Waals surface area contributed by atoms with Crippen LogP contribution in [0.5, 0.6) is 0 Å². The standard InChI is InChI=1S/C16H27N5O2/c1-18(2)7-8-21-12-14(9-15(21)22)16(23)19(3)6-5-13-10-17-20(4)11-13/h10-11,14H,5-9,12H2,1-4H3/t14-/m1/s1. The smallest absolute Gasteiger partial charge is 0.227 e. The lowest BCUT2D eigenvalue weighted by Gasteiger charge is -2.22. The predicted molar refractivity (Wildman–Crippen MR) is 87.8 cm³/mol. The number of carbonyl (C=O) groups excluding carboxylic acids is 2. The number of amides is 2. The Morgan fingerprint density at radius 1 is 1.35 bits per heavy atom. The number of carbonyl (C=O) groups is 2. The molecule has 0 aromatic carbocycles. The van der Waals surface area contributed by atoms with Crippen LogP contribution in [0, 0.1) is 5.92 Å². The highest BCUT2D eigenvalue weighted by Gasteiger charge is 2.35. The number of hydrogen-bond donors (Lipinski definition) is 0. The molecular weight excluding hydrogens is 294 g/mol. The molecule has 1 aromatic rings. The molecule has 2 amide bonds. The molecule has 0 saturated carbocycles. The second kappa shape index (κ2) is 7.59. The Labute approximate surface area is 137 Å². The molecule has 1 saturated heterocycles. The normalized spacial score (nSPS) is 18.0. The molecule has 0 aliphatic carbocycles. The first-order chi connectivity index (χ1) is 10.9. The van der Waals surface area contributed by atoms with Crippen molar-refractivity contribution in [1.29, 1.82) is 0 Å². The van der Waals surface area contributed by atoms with Crippen molar-refractivity contribution in [2.45, 2.75) is 12.8 Å². The largest absolute Gasteiger partial charge is 0.345 e. The summed E-state index contributed by atoms with van der Waals surface area (Å²) in [5.74, 6) is -0.0518. The minimum Gasteiger partial charge on any atom is -0.345 e. The third-order valence-electron chi connectivity index (χ3n) is 4.25. The zero-order chi connectivity index (χ0) is 17.0. The maximum absolute atomic E-state index is 12.5. The van der Waals surface area contributed by atoms with E-state index < -0.39 is 0 Å². The van der Waals surface area contributed by atoms with E-state index >= 15 is 0 Å². The van der Waals surface area contributed by atoms with E-state index in [-0.39, 0.29) is 17.7 Å². The number of rotatable bonds is 7. The van der Waals surface area contributed by atoms with Crippen LogP contribution in [0.3, 0.4) is 0 Å². The van der Waals surface area contributed by atoms with Crippen molar-refractivity contribution < 1.29 is 9.59 Å². The second-order valence-electron chi connectivity index (χ2n) is 6.58. The molecule has 7 heteroatoms. The fourth-order valence-electron chi connectivity index (χ4n) is 2.79. The number of likely N-dealkylation sites (tertiary alicyclic amines) is 1. The van der Waals surface area contributed by atoms with Gasteiger partial charge >= 0.3 is 0 Å². The number of aryl methyl sites for hydroxylation is 1. The van der Waals surface area contributed by atoms with Crippen molar-refractivity contribution in [3.05, 3.63) is 18.0 Å². The average Bonchev–Trinajstić information content (AvgIpc) is 3.07. The van der Waals surface area contributed by atoms with E-state index in [4.69, 9.17) is 0 Å². The third kappa shape index (κ3) is 4.79. The van der Waals surface area contributed by atoms with Gasteiger partial charge in [-0.05, 0) is 26.1 Å². The van der Waals surface area contributed by atoms with Gasteiger partial charge in [0.25, 0.3) is 0 Å². The van der Waals surface area contributed by atoms with Crippen LogP contribution in [0.15, 0.2) is 12.4 Å². The molecule has 2 rings (SSSR count). The summed E-state index contributed by atoms with van der Waals surface area (Å²) < 4.78 is 1.76. The van der Waals surface area contributed by atoms with Crippen LogP contribution in [-0.2, 0) is 23.1 Å². The van der Waals surface area contributed by atoms with Crippen LogP contribution >= 0.6 is 0 Å². The molecule has 0 bridgehead atoms. The molecule has 0 radical (unpaired) electrons. The third-order valence-corrected chi connectivity index (χ3v) is 4.25. The summed E-state index contributed by atoms with van der Waals surface area (Å²) in [5, 5.41) is 4.13. The highest BCUT2D eigenvalue weighted by Crippen LogP contribution is 2.19. The SMILES string of the molecule is CN(C)CCN1C[C@H](C(=O)N(C)CCc2cnn(C)c2)CC1=O. The summed E-state index contributed by atoms with van der Waals surface area (Å²) in [6.07, 6.45) is 4.89. The molecule has 1 aliphatic heterocycles. The van der Waals surface area contributed by atoms with Crippen LogP contribution < -0.4 is 0 Å². The quantitative estimate of drug-likeness (QED) is 0.700. The van der Waals surface area contributed by atoms with Gasteiger partial charge in [0, 0.05) is 52.9 Å². The van der Waals surface area contributed by atoms with Gasteiger partial charge in [0.2, 0.25) is 11.8 Å². The Balaban J connectivity index is 1.81. The Hall–Kier alpha value is -1.89. The summed E-state index contributed by atoms with van der Waals surface area (Å²) in [6, 6.07) is 0. The Morgan fingerprint density at radius 3 is 2.70 bits per heavy atom. The first kappa shape index (κ1) is 17.5. The minimum atomic E-state index is -0.205. The predicted octanol–water partition coefficient (Wildman–Crippen LogP) is -0.169. The molecule has 128 valence electrons. The molecular formula is C16H27N5O2. The van der Waals surface area contributed by atoms with Crippen molar-refractivity contribution in [3.8, 4) is 0 Å². The Morgan fingerprint density at radius 2 is 2.09 bits per heavy atom. The number of nitrogens with zero attached hydrogens (tertiary/aromatic N) is 5. The van der Waals surface area contributed by atoms with Crippen LogP contribution in [0.2, 0.25) is 0 Å². The average molecular weight is 321 g/mol. The lowest BCUT2D eigenvalue weighted by Crippen LogP contribution is -2.37. The van der Waals surface area contributed by atoms with Crippen LogP contribution in [-0.4, -0.2) is 83.6 Å². The van der Waals surface area contributed by atoms with Crippen molar-refractivity contribution in [1.82, 2.24) is 24.5 Å². The maximum atomic E-state index is 12.5. The highest BCUT2D eigenvalue weighted by atomic mass is 16.2. The van der Waals surface area contributed by atoms with Gasteiger partial charge < -0.3 is 14.7 Å². The molecule has 1 aromatic heterocycles. The lowest BCUT2D eigenvalue weighted by molar-refractivity contribution is -0.134. The van der Waals surface area contributed by atoms with Gasteiger partial charge in [-0.15, -0.1) is 0 Å². The van der Waals surface area contributed by atoms with Gasteiger partial charge in [0.05, 0.1) is 12.1 Å².